The first-order valence-electron chi connectivity index (χ1n) is 6.57. The molecule has 0 aliphatic rings. The predicted molar refractivity (Wildman–Crippen MR) is 69.6 cm³/mol. The van der Waals surface area contributed by atoms with Crippen molar-refractivity contribution in [2.75, 3.05) is 7.05 Å². The van der Waals surface area contributed by atoms with E-state index in [1.54, 1.807) is 0 Å². The van der Waals surface area contributed by atoms with E-state index in [0.717, 1.165) is 12.8 Å². The molecule has 0 aromatic heterocycles. The number of rotatable bonds is 10. The molecule has 3 nitrogen and oxygen atoms in total. The Bertz CT molecular complexity index is 138. The first kappa shape index (κ1) is 17.8. The second-order valence-corrected chi connectivity index (χ2v) is 3.97. The summed E-state index contributed by atoms with van der Waals surface area (Å²) >= 11 is 0. The van der Waals surface area contributed by atoms with Gasteiger partial charge in [-0.1, -0.05) is 58.3 Å². The highest BCUT2D eigenvalue weighted by Gasteiger charge is 1.96. The van der Waals surface area contributed by atoms with E-state index in [1.807, 2.05) is 0 Å². The number of nitrogens with two attached hydrogens (primary N) is 1. The van der Waals surface area contributed by atoms with Gasteiger partial charge in [0.25, 0.3) is 0 Å². The number of carboxylic acids is 1. The maximum atomic E-state index is 10.2. The Morgan fingerprint density at radius 3 is 1.62 bits per heavy atom. The highest BCUT2D eigenvalue weighted by Crippen LogP contribution is 2.10. The molecule has 0 unspecified atom stereocenters. The van der Waals surface area contributed by atoms with E-state index in [4.69, 9.17) is 5.11 Å². The first-order valence-corrected chi connectivity index (χ1v) is 6.57. The number of unbranched alkanes of at least 4 members (excludes halogenated alkanes) is 8. The Morgan fingerprint density at radius 2 is 1.25 bits per heavy atom. The minimum Gasteiger partial charge on any atom is -0.481 e. The molecule has 0 amide bonds. The standard InChI is InChI=1S/C12H24O2.CH5N/c1-2-3-4-5-6-7-8-9-10-11-12(13)14;1-2/h2-11H2,1H3,(H,13,14);2H2,1H3. The summed E-state index contributed by atoms with van der Waals surface area (Å²) in [4.78, 5) is 10.2. The molecule has 0 aromatic carbocycles. The number of hydrogen-bond donors (Lipinski definition) is 2. The van der Waals surface area contributed by atoms with Crippen LogP contribution in [0.3, 0.4) is 0 Å². The lowest BCUT2D eigenvalue weighted by molar-refractivity contribution is -0.137. The lowest BCUT2D eigenvalue weighted by Crippen LogP contribution is -1.93. The maximum Gasteiger partial charge on any atom is 0.303 e. The van der Waals surface area contributed by atoms with Gasteiger partial charge in [0, 0.05) is 6.42 Å². The summed E-state index contributed by atoms with van der Waals surface area (Å²) in [5.41, 5.74) is 4.50. The van der Waals surface area contributed by atoms with Gasteiger partial charge in [-0.2, -0.15) is 0 Å². The van der Waals surface area contributed by atoms with Crippen LogP contribution in [0, 0.1) is 0 Å². The molecule has 0 fully saturated rings. The fourth-order valence-electron chi connectivity index (χ4n) is 1.59. The van der Waals surface area contributed by atoms with E-state index in [0.29, 0.717) is 6.42 Å². The predicted octanol–water partition coefficient (Wildman–Crippen LogP) is 3.57. The largest absolute Gasteiger partial charge is 0.481 e. The van der Waals surface area contributed by atoms with E-state index < -0.39 is 5.97 Å². The Hall–Kier alpha value is -0.570. The zero-order valence-corrected chi connectivity index (χ0v) is 11.0. The summed E-state index contributed by atoms with van der Waals surface area (Å²) in [5, 5.41) is 8.41. The zero-order valence-electron chi connectivity index (χ0n) is 11.0. The smallest absolute Gasteiger partial charge is 0.303 e. The summed E-state index contributed by atoms with van der Waals surface area (Å²) in [6, 6.07) is 0. The van der Waals surface area contributed by atoms with E-state index >= 15 is 0 Å². The molecule has 16 heavy (non-hydrogen) atoms. The molecule has 0 aliphatic heterocycles. The third-order valence-corrected chi connectivity index (χ3v) is 2.49. The molecule has 0 aromatic rings. The van der Waals surface area contributed by atoms with Crippen molar-refractivity contribution in [3.63, 3.8) is 0 Å². The highest BCUT2D eigenvalue weighted by molar-refractivity contribution is 5.66. The van der Waals surface area contributed by atoms with Gasteiger partial charge in [0.2, 0.25) is 0 Å². The van der Waals surface area contributed by atoms with Crippen LogP contribution in [-0.2, 0) is 4.79 Å². The fraction of sp³-hybridized carbons (Fsp3) is 0.923. The molecule has 98 valence electrons. The van der Waals surface area contributed by atoms with Crippen molar-refractivity contribution in [3.05, 3.63) is 0 Å². The molecular formula is C13H29NO2. The van der Waals surface area contributed by atoms with Gasteiger partial charge in [-0.3, -0.25) is 4.79 Å². The van der Waals surface area contributed by atoms with Gasteiger partial charge in [-0.05, 0) is 13.5 Å². The molecule has 0 aliphatic carbocycles. The summed E-state index contributed by atoms with van der Waals surface area (Å²) in [5.74, 6) is -0.659. The Balaban J connectivity index is 0. The topological polar surface area (TPSA) is 63.3 Å². The van der Waals surface area contributed by atoms with Gasteiger partial charge in [-0.25, -0.2) is 0 Å². The van der Waals surface area contributed by atoms with Gasteiger partial charge in [0.15, 0.2) is 0 Å². The zero-order chi connectivity index (χ0) is 12.6. The third kappa shape index (κ3) is 19.1. The molecule has 0 atom stereocenters. The first-order chi connectivity index (χ1) is 7.77. The van der Waals surface area contributed by atoms with Gasteiger partial charge < -0.3 is 10.8 Å². The van der Waals surface area contributed by atoms with Crippen molar-refractivity contribution >= 4 is 5.97 Å². The molecule has 3 N–H and O–H groups in total. The van der Waals surface area contributed by atoms with Crippen LogP contribution in [-0.4, -0.2) is 18.1 Å². The average molecular weight is 231 g/mol. The average Bonchev–Trinajstić information content (AvgIpc) is 2.29. The normalized spacial score (nSPS) is 9.44. The summed E-state index contributed by atoms with van der Waals surface area (Å²) in [7, 11) is 1.50. The molecule has 0 saturated heterocycles. The van der Waals surface area contributed by atoms with Crippen molar-refractivity contribution in [2.45, 2.75) is 71.1 Å². The molecule has 0 radical (unpaired) electrons. The second kappa shape index (κ2) is 16.8. The van der Waals surface area contributed by atoms with Crippen LogP contribution in [0.4, 0.5) is 0 Å². The van der Waals surface area contributed by atoms with Gasteiger partial charge in [0.1, 0.15) is 0 Å². The van der Waals surface area contributed by atoms with Crippen molar-refractivity contribution < 1.29 is 9.90 Å². The molecule has 0 rings (SSSR count). The summed E-state index contributed by atoms with van der Waals surface area (Å²) < 4.78 is 0. The maximum absolute atomic E-state index is 10.2. The van der Waals surface area contributed by atoms with Gasteiger partial charge in [-0.15, -0.1) is 0 Å². The molecular weight excluding hydrogens is 202 g/mol. The quantitative estimate of drug-likeness (QED) is 0.565. The Morgan fingerprint density at radius 1 is 0.875 bits per heavy atom. The van der Waals surface area contributed by atoms with Crippen LogP contribution >= 0.6 is 0 Å². The lowest BCUT2D eigenvalue weighted by Gasteiger charge is -2.00. The van der Waals surface area contributed by atoms with Crippen molar-refractivity contribution in [2.24, 2.45) is 5.73 Å². The number of carboxylic acid groups (broad SMARTS) is 1. The van der Waals surface area contributed by atoms with E-state index in [9.17, 15) is 4.79 Å². The lowest BCUT2D eigenvalue weighted by atomic mass is 10.1. The van der Waals surface area contributed by atoms with Crippen LogP contribution in [0.15, 0.2) is 0 Å². The van der Waals surface area contributed by atoms with Crippen LogP contribution in [0.5, 0.6) is 0 Å². The molecule has 0 heterocycles. The molecule has 0 bridgehead atoms. The second-order valence-electron chi connectivity index (χ2n) is 3.97. The van der Waals surface area contributed by atoms with Crippen LogP contribution < -0.4 is 5.73 Å². The van der Waals surface area contributed by atoms with E-state index in [2.05, 4.69) is 12.7 Å². The molecule has 0 saturated carbocycles. The third-order valence-electron chi connectivity index (χ3n) is 2.49. The van der Waals surface area contributed by atoms with E-state index in [-0.39, 0.29) is 0 Å². The van der Waals surface area contributed by atoms with E-state index in [1.165, 1.54) is 52.0 Å². The van der Waals surface area contributed by atoms with Gasteiger partial charge in [0.05, 0.1) is 0 Å². The number of aliphatic carboxylic acids is 1. The van der Waals surface area contributed by atoms with Crippen molar-refractivity contribution in [1.29, 1.82) is 0 Å². The monoisotopic (exact) mass is 231 g/mol. The minimum atomic E-state index is -0.659. The number of carbonyl (C=O) groups is 1. The van der Waals surface area contributed by atoms with Crippen molar-refractivity contribution in [3.8, 4) is 0 Å². The van der Waals surface area contributed by atoms with Crippen LogP contribution in [0.2, 0.25) is 0 Å². The van der Waals surface area contributed by atoms with Gasteiger partial charge >= 0.3 is 5.97 Å². The van der Waals surface area contributed by atoms with Crippen LogP contribution in [0.25, 0.3) is 0 Å². The Kier molecular flexibility index (Phi) is 18.8. The van der Waals surface area contributed by atoms with Crippen LogP contribution in [0.1, 0.15) is 71.1 Å². The fourth-order valence-corrected chi connectivity index (χ4v) is 1.59. The summed E-state index contributed by atoms with van der Waals surface area (Å²) in [6.07, 6.45) is 11.5. The Labute approximate surface area is 100 Å². The SMILES string of the molecule is CCCCCCCCCCCC(=O)O.CN. The number of hydrogen-bond acceptors (Lipinski definition) is 2. The summed E-state index contributed by atoms with van der Waals surface area (Å²) in [6.45, 7) is 2.23. The van der Waals surface area contributed by atoms with Crippen molar-refractivity contribution in [1.82, 2.24) is 0 Å². The molecule has 3 heteroatoms. The highest BCUT2D eigenvalue weighted by atomic mass is 16.4. The molecule has 0 spiro atoms. The minimum absolute atomic E-state index is 0.343.